The molecule has 8 heteroatoms. The van der Waals surface area contributed by atoms with Crippen LogP contribution in [0.15, 0.2) is 82.4 Å². The Morgan fingerprint density at radius 3 is 2.42 bits per heavy atom. The van der Waals surface area contributed by atoms with Crippen LogP contribution in [0.3, 0.4) is 0 Å². The summed E-state index contributed by atoms with van der Waals surface area (Å²) in [7, 11) is 1.59. The molecule has 0 saturated carbocycles. The van der Waals surface area contributed by atoms with Gasteiger partial charge in [-0.2, -0.15) is 0 Å². The molecule has 1 heterocycles. The summed E-state index contributed by atoms with van der Waals surface area (Å²) in [4.78, 5) is 38.0. The number of methoxy groups -OCH3 is 1. The van der Waals surface area contributed by atoms with Gasteiger partial charge in [-0.1, -0.05) is 36.4 Å². The zero-order valence-electron chi connectivity index (χ0n) is 18.0. The Balaban J connectivity index is 1.72. The van der Waals surface area contributed by atoms with Crippen molar-refractivity contribution in [2.45, 2.75) is 19.5 Å². The normalized spacial score (nSPS) is 10.8. The monoisotopic (exact) mass is 445 g/mol. The number of nitrogens with zero attached hydrogens (tertiary/aromatic N) is 2. The zero-order valence-corrected chi connectivity index (χ0v) is 18.0. The van der Waals surface area contributed by atoms with E-state index in [0.717, 1.165) is 11.1 Å². The van der Waals surface area contributed by atoms with Gasteiger partial charge >= 0.3 is 5.69 Å². The SMILES string of the molecule is COc1cccc(CCn2c(=O)c3ccccc3n(Cc3ccc(C(=O)NO)cc3)c2=O)c1. The van der Waals surface area contributed by atoms with Gasteiger partial charge in [0.05, 0.1) is 24.6 Å². The second kappa shape index (κ2) is 9.54. The molecule has 4 rings (SSSR count). The van der Waals surface area contributed by atoms with Gasteiger partial charge < -0.3 is 4.74 Å². The van der Waals surface area contributed by atoms with E-state index in [9.17, 15) is 14.4 Å². The van der Waals surface area contributed by atoms with E-state index in [-0.39, 0.29) is 18.6 Å². The van der Waals surface area contributed by atoms with Gasteiger partial charge in [0.1, 0.15) is 5.75 Å². The quantitative estimate of drug-likeness (QED) is 0.336. The summed E-state index contributed by atoms with van der Waals surface area (Å²) < 4.78 is 8.07. The van der Waals surface area contributed by atoms with E-state index in [0.29, 0.717) is 28.6 Å². The van der Waals surface area contributed by atoms with Crippen LogP contribution in [0.4, 0.5) is 0 Å². The number of carbonyl (C=O) groups excluding carboxylic acids is 1. The number of carbonyl (C=O) groups is 1. The molecule has 0 aliphatic rings. The van der Waals surface area contributed by atoms with E-state index >= 15 is 0 Å². The summed E-state index contributed by atoms with van der Waals surface area (Å²) in [6.45, 7) is 0.449. The molecule has 0 radical (unpaired) electrons. The van der Waals surface area contributed by atoms with Crippen molar-refractivity contribution in [2.24, 2.45) is 0 Å². The summed E-state index contributed by atoms with van der Waals surface area (Å²) >= 11 is 0. The van der Waals surface area contributed by atoms with E-state index in [1.54, 1.807) is 65.7 Å². The molecule has 0 aliphatic heterocycles. The highest BCUT2D eigenvalue weighted by molar-refractivity contribution is 5.93. The number of ether oxygens (including phenoxy) is 1. The number of para-hydroxylation sites is 1. The molecule has 0 bridgehead atoms. The third-order valence-electron chi connectivity index (χ3n) is 5.55. The lowest BCUT2D eigenvalue weighted by Crippen LogP contribution is -2.40. The number of hydrogen-bond acceptors (Lipinski definition) is 5. The predicted molar refractivity (Wildman–Crippen MR) is 124 cm³/mol. The molecule has 33 heavy (non-hydrogen) atoms. The second-order valence-corrected chi connectivity index (χ2v) is 7.58. The first-order valence-electron chi connectivity index (χ1n) is 10.4. The molecule has 168 valence electrons. The van der Waals surface area contributed by atoms with Crippen molar-refractivity contribution in [1.29, 1.82) is 0 Å². The van der Waals surface area contributed by atoms with Gasteiger partial charge in [-0.15, -0.1) is 0 Å². The first kappa shape index (κ1) is 22.0. The Morgan fingerprint density at radius 2 is 1.70 bits per heavy atom. The van der Waals surface area contributed by atoms with Crippen molar-refractivity contribution in [3.8, 4) is 5.75 Å². The average molecular weight is 445 g/mol. The van der Waals surface area contributed by atoms with Crippen LogP contribution < -0.4 is 21.5 Å². The molecule has 8 nitrogen and oxygen atoms in total. The van der Waals surface area contributed by atoms with E-state index in [2.05, 4.69) is 0 Å². The molecule has 0 spiro atoms. The van der Waals surface area contributed by atoms with E-state index in [1.165, 1.54) is 4.57 Å². The number of hydrogen-bond donors (Lipinski definition) is 2. The van der Waals surface area contributed by atoms with Gasteiger partial charge in [-0.3, -0.25) is 23.9 Å². The van der Waals surface area contributed by atoms with Crippen LogP contribution in [0.2, 0.25) is 0 Å². The summed E-state index contributed by atoms with van der Waals surface area (Å²) in [6.07, 6.45) is 0.496. The fraction of sp³-hybridized carbons (Fsp3) is 0.160. The number of fused-ring (bicyclic) bond motifs is 1. The molecule has 3 aromatic carbocycles. The minimum Gasteiger partial charge on any atom is -0.497 e. The van der Waals surface area contributed by atoms with E-state index in [1.807, 2.05) is 24.3 Å². The maximum Gasteiger partial charge on any atom is 0.331 e. The van der Waals surface area contributed by atoms with Crippen LogP contribution in [-0.2, 0) is 19.5 Å². The maximum atomic E-state index is 13.4. The number of rotatable bonds is 7. The van der Waals surface area contributed by atoms with Crippen molar-refractivity contribution in [2.75, 3.05) is 7.11 Å². The molecular weight excluding hydrogens is 422 g/mol. The van der Waals surface area contributed by atoms with Crippen LogP contribution >= 0.6 is 0 Å². The molecular formula is C25H23N3O5. The van der Waals surface area contributed by atoms with Crippen LogP contribution in [-0.4, -0.2) is 27.4 Å². The number of aromatic nitrogens is 2. The number of benzene rings is 3. The molecule has 0 saturated heterocycles. The Bertz CT molecular complexity index is 1420. The van der Waals surface area contributed by atoms with E-state index in [4.69, 9.17) is 9.94 Å². The van der Waals surface area contributed by atoms with Gasteiger partial charge in [0.15, 0.2) is 0 Å². The Labute approximate surface area is 189 Å². The molecule has 4 aromatic rings. The molecule has 2 N–H and O–H groups in total. The van der Waals surface area contributed by atoms with Crippen molar-refractivity contribution >= 4 is 16.8 Å². The highest BCUT2D eigenvalue weighted by atomic mass is 16.5. The van der Waals surface area contributed by atoms with Gasteiger partial charge in [0, 0.05) is 12.1 Å². The zero-order chi connectivity index (χ0) is 23.4. The van der Waals surface area contributed by atoms with Gasteiger partial charge in [0.25, 0.3) is 11.5 Å². The first-order valence-corrected chi connectivity index (χ1v) is 10.4. The van der Waals surface area contributed by atoms with Crippen LogP contribution in [0.25, 0.3) is 10.9 Å². The van der Waals surface area contributed by atoms with Gasteiger partial charge in [-0.05, 0) is 53.9 Å². The number of aryl methyl sites for hydroxylation is 1. The standard InChI is InChI=1S/C25H23N3O5/c1-33-20-6-4-5-17(15-20)13-14-27-24(30)21-7-2-3-8-22(21)28(25(27)31)16-18-9-11-19(12-10-18)23(29)26-32/h2-12,15,32H,13-14,16H2,1H3,(H,26,29). The van der Waals surface area contributed by atoms with Crippen LogP contribution in [0, 0.1) is 0 Å². The lowest BCUT2D eigenvalue weighted by molar-refractivity contribution is 0.0706. The summed E-state index contributed by atoms with van der Waals surface area (Å²) in [5, 5.41) is 9.24. The highest BCUT2D eigenvalue weighted by Crippen LogP contribution is 2.14. The van der Waals surface area contributed by atoms with Crippen molar-refractivity contribution in [3.63, 3.8) is 0 Å². The second-order valence-electron chi connectivity index (χ2n) is 7.58. The van der Waals surface area contributed by atoms with Crippen molar-refractivity contribution in [1.82, 2.24) is 14.6 Å². The van der Waals surface area contributed by atoms with E-state index < -0.39 is 11.6 Å². The predicted octanol–water partition coefficient (Wildman–Crippen LogP) is 2.58. The fourth-order valence-corrected chi connectivity index (χ4v) is 3.80. The molecule has 0 unspecified atom stereocenters. The Morgan fingerprint density at radius 1 is 0.939 bits per heavy atom. The van der Waals surface area contributed by atoms with Crippen LogP contribution in [0.5, 0.6) is 5.75 Å². The van der Waals surface area contributed by atoms with Crippen LogP contribution in [0.1, 0.15) is 21.5 Å². The third kappa shape index (κ3) is 4.56. The molecule has 1 aromatic heterocycles. The highest BCUT2D eigenvalue weighted by Gasteiger charge is 2.14. The third-order valence-corrected chi connectivity index (χ3v) is 5.55. The minimum absolute atomic E-state index is 0.222. The minimum atomic E-state index is -0.616. The molecule has 0 atom stereocenters. The van der Waals surface area contributed by atoms with Crippen molar-refractivity contribution < 1.29 is 14.7 Å². The first-order chi connectivity index (χ1) is 16.0. The molecule has 1 amide bonds. The fourth-order valence-electron chi connectivity index (χ4n) is 3.80. The topological polar surface area (TPSA) is 103 Å². The number of hydroxylamine groups is 1. The lowest BCUT2D eigenvalue weighted by Gasteiger charge is -2.15. The number of nitrogens with one attached hydrogen (secondary N) is 1. The van der Waals surface area contributed by atoms with Gasteiger partial charge in [0.2, 0.25) is 0 Å². The van der Waals surface area contributed by atoms with Gasteiger partial charge in [-0.25, -0.2) is 10.3 Å². The average Bonchev–Trinajstić information content (AvgIpc) is 2.86. The lowest BCUT2D eigenvalue weighted by atomic mass is 10.1. The van der Waals surface area contributed by atoms with Crippen molar-refractivity contribution in [3.05, 3.63) is 110 Å². The summed E-state index contributed by atoms with van der Waals surface area (Å²) in [6, 6.07) is 21.1. The number of amides is 1. The Hall–Kier alpha value is -4.17. The summed E-state index contributed by atoms with van der Waals surface area (Å²) in [5.74, 6) is 0.101. The largest absolute Gasteiger partial charge is 0.497 e. The smallest absolute Gasteiger partial charge is 0.331 e. The summed E-state index contributed by atoms with van der Waals surface area (Å²) in [5.41, 5.74) is 3.43. The maximum absolute atomic E-state index is 13.4. The molecule has 0 aliphatic carbocycles. The Kier molecular flexibility index (Phi) is 6.37. The molecule has 0 fully saturated rings.